The minimum Gasteiger partial charge on any atom is -0.335 e. The largest absolute Gasteiger partial charge is 0.335 e. The molecule has 0 saturated heterocycles. The van der Waals surface area contributed by atoms with Crippen molar-refractivity contribution in [1.82, 2.24) is 10.1 Å². The highest BCUT2D eigenvalue weighted by molar-refractivity contribution is 5.36. The van der Waals surface area contributed by atoms with Gasteiger partial charge in [-0.1, -0.05) is 25.1 Å². The van der Waals surface area contributed by atoms with Crippen LogP contribution in [-0.4, -0.2) is 10.1 Å². The number of allylic oxidation sites excluding steroid dienone is 1. The quantitative estimate of drug-likeness (QED) is 0.665. The summed E-state index contributed by atoms with van der Waals surface area (Å²) in [6.07, 6.45) is 5.65. The van der Waals surface area contributed by atoms with Gasteiger partial charge in [-0.15, -0.1) is 0 Å². The molecule has 3 nitrogen and oxygen atoms in total. The predicted octanol–water partition coefficient (Wildman–Crippen LogP) is 2.06. The smallest absolute Gasteiger partial charge is 0.250 e. The van der Waals surface area contributed by atoms with Crippen molar-refractivity contribution in [3.63, 3.8) is 0 Å². The van der Waals surface area contributed by atoms with E-state index >= 15 is 0 Å². The van der Waals surface area contributed by atoms with Crippen molar-refractivity contribution < 1.29 is 4.52 Å². The monoisotopic (exact) mass is 152 g/mol. The molecule has 3 heteroatoms. The van der Waals surface area contributed by atoms with Crippen LogP contribution in [0.25, 0.3) is 6.08 Å². The molecule has 0 N–H and O–H groups in total. The van der Waals surface area contributed by atoms with Crippen LogP contribution < -0.4 is 0 Å². The van der Waals surface area contributed by atoms with E-state index < -0.39 is 0 Å². The van der Waals surface area contributed by atoms with E-state index in [0.29, 0.717) is 5.89 Å². The van der Waals surface area contributed by atoms with E-state index in [-0.39, 0.29) is 0 Å². The highest BCUT2D eigenvalue weighted by Gasteiger charge is 1.98. The van der Waals surface area contributed by atoms with E-state index in [0.717, 1.165) is 18.7 Å². The number of aryl methyl sites for hydroxylation is 1. The highest BCUT2D eigenvalue weighted by atomic mass is 16.5. The normalized spacial score (nSPS) is 11.1. The summed E-state index contributed by atoms with van der Waals surface area (Å²) in [7, 11) is 0. The molecule has 0 aliphatic heterocycles. The summed E-state index contributed by atoms with van der Waals surface area (Å²) in [4.78, 5) is 4.10. The molecule has 0 fully saturated rings. The minimum absolute atomic E-state index is 0.601. The number of hydrogen-bond donors (Lipinski definition) is 0. The van der Waals surface area contributed by atoms with Gasteiger partial charge in [-0.05, 0) is 12.5 Å². The summed E-state index contributed by atoms with van der Waals surface area (Å²) >= 11 is 0. The van der Waals surface area contributed by atoms with Gasteiger partial charge in [-0.2, -0.15) is 4.98 Å². The Labute approximate surface area is 66.1 Å². The van der Waals surface area contributed by atoms with Crippen LogP contribution in [0.3, 0.4) is 0 Å². The van der Waals surface area contributed by atoms with Gasteiger partial charge in [0, 0.05) is 6.42 Å². The van der Waals surface area contributed by atoms with Crippen molar-refractivity contribution in [3.8, 4) is 0 Å². The van der Waals surface area contributed by atoms with E-state index in [2.05, 4.69) is 17.1 Å². The van der Waals surface area contributed by atoms with Crippen LogP contribution in [0.1, 0.15) is 32.0 Å². The molecule has 1 rings (SSSR count). The second-order valence-electron chi connectivity index (χ2n) is 2.21. The number of rotatable bonds is 3. The Morgan fingerprint density at radius 3 is 2.82 bits per heavy atom. The molecule has 1 aromatic heterocycles. The van der Waals surface area contributed by atoms with Crippen molar-refractivity contribution in [2.45, 2.75) is 26.7 Å². The van der Waals surface area contributed by atoms with Crippen LogP contribution >= 0.6 is 0 Å². The molecule has 0 aliphatic carbocycles. The van der Waals surface area contributed by atoms with Gasteiger partial charge in [0.2, 0.25) is 5.89 Å². The van der Waals surface area contributed by atoms with Gasteiger partial charge in [0.15, 0.2) is 5.82 Å². The topological polar surface area (TPSA) is 38.9 Å². The summed E-state index contributed by atoms with van der Waals surface area (Å²) in [5, 5.41) is 3.75. The third-order valence-corrected chi connectivity index (χ3v) is 1.30. The zero-order valence-corrected chi connectivity index (χ0v) is 6.87. The molecule has 0 spiro atoms. The second kappa shape index (κ2) is 3.91. The Bertz CT molecular complexity index is 240. The summed E-state index contributed by atoms with van der Waals surface area (Å²) in [5.74, 6) is 1.37. The fraction of sp³-hybridized carbons (Fsp3) is 0.500. The SMILES string of the molecule is CC/C=C/c1nc(CC)no1. The van der Waals surface area contributed by atoms with Crippen molar-refractivity contribution in [2.24, 2.45) is 0 Å². The fourth-order valence-electron chi connectivity index (χ4n) is 0.697. The Hall–Kier alpha value is -1.12. The Kier molecular flexibility index (Phi) is 2.83. The third-order valence-electron chi connectivity index (χ3n) is 1.30. The lowest BCUT2D eigenvalue weighted by Crippen LogP contribution is -1.80. The molecule has 0 bridgehead atoms. The minimum atomic E-state index is 0.601. The molecule has 60 valence electrons. The van der Waals surface area contributed by atoms with Crippen LogP contribution in [0.4, 0.5) is 0 Å². The molecule has 0 amide bonds. The number of hydrogen-bond acceptors (Lipinski definition) is 3. The molecule has 0 unspecified atom stereocenters. The Morgan fingerprint density at radius 2 is 2.27 bits per heavy atom. The van der Waals surface area contributed by atoms with Gasteiger partial charge in [-0.3, -0.25) is 0 Å². The first-order valence-corrected chi connectivity index (χ1v) is 3.86. The van der Waals surface area contributed by atoms with Crippen molar-refractivity contribution in [3.05, 3.63) is 17.8 Å². The molecule has 0 saturated carbocycles. The van der Waals surface area contributed by atoms with Gasteiger partial charge < -0.3 is 4.52 Å². The lowest BCUT2D eigenvalue weighted by atomic mass is 10.4. The Balaban J connectivity index is 2.65. The highest BCUT2D eigenvalue weighted by Crippen LogP contribution is 2.00. The zero-order valence-electron chi connectivity index (χ0n) is 6.87. The average molecular weight is 152 g/mol. The van der Waals surface area contributed by atoms with E-state index in [1.807, 2.05) is 19.1 Å². The maximum absolute atomic E-state index is 4.91. The first-order chi connectivity index (χ1) is 5.36. The van der Waals surface area contributed by atoms with Gasteiger partial charge in [0.05, 0.1) is 0 Å². The zero-order chi connectivity index (χ0) is 8.10. The van der Waals surface area contributed by atoms with Crippen molar-refractivity contribution in [1.29, 1.82) is 0 Å². The van der Waals surface area contributed by atoms with Gasteiger partial charge >= 0.3 is 0 Å². The van der Waals surface area contributed by atoms with E-state index in [1.165, 1.54) is 0 Å². The average Bonchev–Trinajstić information content (AvgIpc) is 2.48. The van der Waals surface area contributed by atoms with Crippen LogP contribution in [-0.2, 0) is 6.42 Å². The van der Waals surface area contributed by atoms with Crippen LogP contribution in [0.2, 0.25) is 0 Å². The van der Waals surface area contributed by atoms with Crippen molar-refractivity contribution >= 4 is 6.08 Å². The third kappa shape index (κ3) is 2.18. The summed E-state index contributed by atoms with van der Waals surface area (Å²) in [6, 6.07) is 0. The summed E-state index contributed by atoms with van der Waals surface area (Å²) in [6.45, 7) is 4.06. The number of aromatic nitrogens is 2. The maximum Gasteiger partial charge on any atom is 0.250 e. The first kappa shape index (κ1) is 7.98. The van der Waals surface area contributed by atoms with Crippen molar-refractivity contribution in [2.75, 3.05) is 0 Å². The lowest BCUT2D eigenvalue weighted by molar-refractivity contribution is 0.403. The summed E-state index contributed by atoms with van der Waals surface area (Å²) in [5.41, 5.74) is 0. The fourth-order valence-corrected chi connectivity index (χ4v) is 0.697. The molecule has 0 aromatic carbocycles. The van der Waals surface area contributed by atoms with E-state index in [1.54, 1.807) is 0 Å². The van der Waals surface area contributed by atoms with Gasteiger partial charge in [0.25, 0.3) is 0 Å². The molecule has 0 atom stereocenters. The maximum atomic E-state index is 4.91. The Morgan fingerprint density at radius 1 is 1.45 bits per heavy atom. The molecule has 1 heterocycles. The molecule has 1 aromatic rings. The molecular formula is C8H12N2O. The van der Waals surface area contributed by atoms with Crippen LogP contribution in [0, 0.1) is 0 Å². The van der Waals surface area contributed by atoms with Gasteiger partial charge in [0.1, 0.15) is 0 Å². The molecule has 0 radical (unpaired) electrons. The van der Waals surface area contributed by atoms with E-state index in [9.17, 15) is 0 Å². The van der Waals surface area contributed by atoms with Crippen LogP contribution in [0.15, 0.2) is 10.6 Å². The van der Waals surface area contributed by atoms with Crippen LogP contribution in [0.5, 0.6) is 0 Å². The van der Waals surface area contributed by atoms with Gasteiger partial charge in [-0.25, -0.2) is 0 Å². The number of nitrogens with zero attached hydrogens (tertiary/aromatic N) is 2. The summed E-state index contributed by atoms with van der Waals surface area (Å²) < 4.78 is 4.91. The first-order valence-electron chi connectivity index (χ1n) is 3.86. The second-order valence-corrected chi connectivity index (χ2v) is 2.21. The standard InChI is InChI=1S/C8H12N2O/c1-3-5-6-8-9-7(4-2)10-11-8/h5-6H,3-4H2,1-2H3/b6-5+. The molecule has 11 heavy (non-hydrogen) atoms. The molecule has 0 aliphatic rings. The predicted molar refractivity (Wildman–Crippen MR) is 43.0 cm³/mol. The lowest BCUT2D eigenvalue weighted by Gasteiger charge is -1.77. The van der Waals surface area contributed by atoms with E-state index in [4.69, 9.17) is 4.52 Å². The molecular weight excluding hydrogens is 140 g/mol.